The maximum absolute atomic E-state index is 5.13. The van der Waals surface area contributed by atoms with Gasteiger partial charge in [-0.1, -0.05) is 151 Å². The summed E-state index contributed by atoms with van der Waals surface area (Å²) in [5, 5.41) is 0. The normalized spacial score (nSPS) is 11.1. The Bertz CT molecular complexity index is 2410. The van der Waals surface area contributed by atoms with Crippen LogP contribution in [0.5, 0.6) is 0 Å². The Morgan fingerprint density at radius 1 is 0.231 bits per heavy atom. The number of hydrogen-bond donors (Lipinski definition) is 0. The second-order valence-corrected chi connectivity index (χ2v) is 13.7. The third-order valence-electron chi connectivity index (χ3n) is 9.43. The monoisotopic (exact) mass is 669 g/mol. The molecule has 0 atom stereocenters. The summed E-state index contributed by atoms with van der Waals surface area (Å²) in [6.45, 7) is 8.59. The zero-order valence-corrected chi connectivity index (χ0v) is 29.9. The van der Waals surface area contributed by atoms with Crippen molar-refractivity contribution < 1.29 is 0 Å². The second-order valence-electron chi connectivity index (χ2n) is 13.7. The zero-order chi connectivity index (χ0) is 35.6. The molecule has 0 bridgehead atoms. The second kappa shape index (κ2) is 14.0. The molecular weight excluding hydrogens is 631 g/mol. The third kappa shape index (κ3) is 7.08. The average molecular weight is 670 g/mol. The number of aromatic nitrogens is 3. The smallest absolute Gasteiger partial charge is 0.164 e. The molecule has 52 heavy (non-hydrogen) atoms. The van der Waals surface area contributed by atoms with E-state index in [-0.39, 0.29) is 0 Å². The Kier molecular flexibility index (Phi) is 8.84. The predicted octanol–water partition coefficient (Wildman–Crippen LogP) is 12.8. The van der Waals surface area contributed by atoms with Gasteiger partial charge in [0.25, 0.3) is 0 Å². The van der Waals surface area contributed by atoms with Gasteiger partial charge in [-0.2, -0.15) is 0 Å². The van der Waals surface area contributed by atoms with Gasteiger partial charge in [0.15, 0.2) is 17.5 Å². The number of aryl methyl sites for hydroxylation is 4. The fourth-order valence-corrected chi connectivity index (χ4v) is 6.91. The Morgan fingerprint density at radius 2 is 0.519 bits per heavy atom. The van der Waals surface area contributed by atoms with Crippen LogP contribution in [0.15, 0.2) is 164 Å². The van der Waals surface area contributed by atoms with Crippen molar-refractivity contribution in [2.24, 2.45) is 0 Å². The molecule has 7 aromatic carbocycles. The van der Waals surface area contributed by atoms with E-state index in [2.05, 4.69) is 173 Å². The summed E-state index contributed by atoms with van der Waals surface area (Å²) in [6, 6.07) is 58.1. The van der Waals surface area contributed by atoms with Crippen LogP contribution in [0.2, 0.25) is 0 Å². The third-order valence-corrected chi connectivity index (χ3v) is 9.43. The molecule has 0 saturated heterocycles. The van der Waals surface area contributed by atoms with Gasteiger partial charge >= 0.3 is 0 Å². The van der Waals surface area contributed by atoms with E-state index in [4.69, 9.17) is 15.0 Å². The van der Waals surface area contributed by atoms with Gasteiger partial charge in [-0.05, 0) is 108 Å². The van der Waals surface area contributed by atoms with E-state index in [1.807, 2.05) is 18.2 Å². The topological polar surface area (TPSA) is 38.7 Å². The minimum absolute atomic E-state index is 0.639. The summed E-state index contributed by atoms with van der Waals surface area (Å²) in [4.78, 5) is 15.2. The van der Waals surface area contributed by atoms with E-state index in [9.17, 15) is 0 Å². The first-order valence-electron chi connectivity index (χ1n) is 17.8. The van der Waals surface area contributed by atoms with Crippen LogP contribution in [-0.2, 0) is 0 Å². The fraction of sp³-hybridized carbons (Fsp3) is 0.0816. The van der Waals surface area contributed by atoms with Crippen molar-refractivity contribution in [1.29, 1.82) is 0 Å². The van der Waals surface area contributed by atoms with Crippen LogP contribution >= 0.6 is 0 Å². The van der Waals surface area contributed by atoms with E-state index in [1.54, 1.807) is 0 Å². The minimum Gasteiger partial charge on any atom is -0.208 e. The maximum Gasteiger partial charge on any atom is 0.164 e. The largest absolute Gasteiger partial charge is 0.208 e. The highest BCUT2D eigenvalue weighted by Crippen LogP contribution is 2.34. The fourth-order valence-electron chi connectivity index (χ4n) is 6.91. The lowest BCUT2D eigenvalue weighted by Gasteiger charge is -2.12. The van der Waals surface area contributed by atoms with Gasteiger partial charge in [-0.3, -0.25) is 0 Å². The summed E-state index contributed by atoms with van der Waals surface area (Å²) in [5.41, 5.74) is 17.1. The van der Waals surface area contributed by atoms with E-state index in [0.717, 1.165) is 38.9 Å². The summed E-state index contributed by atoms with van der Waals surface area (Å²) in [7, 11) is 0. The summed E-state index contributed by atoms with van der Waals surface area (Å²) in [6.07, 6.45) is 0. The Hall–Kier alpha value is -6.45. The van der Waals surface area contributed by atoms with E-state index in [1.165, 1.54) is 44.5 Å². The van der Waals surface area contributed by atoms with Gasteiger partial charge in [-0.15, -0.1) is 0 Å². The molecule has 3 nitrogen and oxygen atoms in total. The molecule has 1 heterocycles. The average Bonchev–Trinajstić information content (AvgIpc) is 3.18. The highest BCUT2D eigenvalue weighted by atomic mass is 15.0. The van der Waals surface area contributed by atoms with E-state index >= 15 is 0 Å². The van der Waals surface area contributed by atoms with Gasteiger partial charge in [-0.25, -0.2) is 15.0 Å². The molecule has 0 saturated carbocycles. The van der Waals surface area contributed by atoms with Gasteiger partial charge in [0.05, 0.1) is 0 Å². The molecule has 0 radical (unpaired) electrons. The SMILES string of the molecule is Cc1cccc(-c2cc(C)cc(-c3cccc(-c4nc(-c5ccccc5)nc(-c5cccc(-c6cc(C)cc(-c7cccc(C)c7)c6)c5)n4)c3)c2)c1. The molecule has 0 aliphatic carbocycles. The van der Waals surface area contributed by atoms with Crippen LogP contribution in [0.25, 0.3) is 78.7 Å². The van der Waals surface area contributed by atoms with Crippen molar-refractivity contribution in [2.45, 2.75) is 27.7 Å². The zero-order valence-electron chi connectivity index (χ0n) is 29.9. The minimum atomic E-state index is 0.639. The van der Waals surface area contributed by atoms with Crippen LogP contribution in [0.3, 0.4) is 0 Å². The van der Waals surface area contributed by atoms with Gasteiger partial charge in [0, 0.05) is 16.7 Å². The molecule has 3 heteroatoms. The quantitative estimate of drug-likeness (QED) is 0.169. The number of rotatable bonds is 7. The van der Waals surface area contributed by atoms with Gasteiger partial charge < -0.3 is 0 Å². The van der Waals surface area contributed by atoms with Crippen molar-refractivity contribution in [1.82, 2.24) is 15.0 Å². The molecule has 0 unspecified atom stereocenters. The lowest BCUT2D eigenvalue weighted by atomic mass is 9.95. The first kappa shape index (κ1) is 32.7. The molecule has 0 aliphatic heterocycles. The van der Waals surface area contributed by atoms with Crippen molar-refractivity contribution in [3.63, 3.8) is 0 Å². The van der Waals surface area contributed by atoms with Crippen LogP contribution in [0, 0.1) is 27.7 Å². The molecule has 8 aromatic rings. The van der Waals surface area contributed by atoms with Crippen LogP contribution in [0.1, 0.15) is 22.3 Å². The van der Waals surface area contributed by atoms with Crippen LogP contribution < -0.4 is 0 Å². The number of benzene rings is 7. The molecular formula is C49H39N3. The standard InChI is InChI=1S/C49H39N3/c1-32-12-8-16-37(22-32)43-24-34(3)26-45(30-43)39-18-10-20-41(28-39)48-50-47(36-14-6-5-7-15-36)51-49(52-48)42-21-11-19-40(29-42)46-27-35(4)25-44(31-46)38-17-9-13-33(2)23-38/h5-31H,1-4H3. The molecule has 0 spiro atoms. The Balaban J connectivity index is 1.21. The van der Waals surface area contributed by atoms with Crippen molar-refractivity contribution in [2.75, 3.05) is 0 Å². The Morgan fingerprint density at radius 3 is 0.923 bits per heavy atom. The van der Waals surface area contributed by atoms with Gasteiger partial charge in [0.1, 0.15) is 0 Å². The maximum atomic E-state index is 5.13. The van der Waals surface area contributed by atoms with E-state index in [0.29, 0.717) is 17.5 Å². The molecule has 0 amide bonds. The first-order valence-corrected chi connectivity index (χ1v) is 17.8. The lowest BCUT2D eigenvalue weighted by molar-refractivity contribution is 1.07. The lowest BCUT2D eigenvalue weighted by Crippen LogP contribution is -2.00. The summed E-state index contributed by atoms with van der Waals surface area (Å²) < 4.78 is 0. The number of nitrogens with zero attached hydrogens (tertiary/aromatic N) is 3. The van der Waals surface area contributed by atoms with Crippen LogP contribution in [0.4, 0.5) is 0 Å². The summed E-state index contributed by atoms with van der Waals surface area (Å²) >= 11 is 0. The van der Waals surface area contributed by atoms with Gasteiger partial charge in [0.2, 0.25) is 0 Å². The molecule has 0 aliphatic rings. The molecule has 0 N–H and O–H groups in total. The predicted molar refractivity (Wildman–Crippen MR) is 217 cm³/mol. The Labute approximate surface area is 306 Å². The molecule has 8 rings (SSSR count). The van der Waals surface area contributed by atoms with Crippen LogP contribution in [-0.4, -0.2) is 15.0 Å². The van der Waals surface area contributed by atoms with Crippen molar-refractivity contribution in [3.8, 4) is 78.7 Å². The highest BCUT2D eigenvalue weighted by Gasteiger charge is 2.15. The molecule has 1 aromatic heterocycles. The van der Waals surface area contributed by atoms with E-state index < -0.39 is 0 Å². The molecule has 250 valence electrons. The van der Waals surface area contributed by atoms with Crippen molar-refractivity contribution >= 4 is 0 Å². The first-order chi connectivity index (χ1) is 25.3. The molecule has 0 fully saturated rings. The number of hydrogen-bond acceptors (Lipinski definition) is 3. The highest BCUT2D eigenvalue weighted by molar-refractivity contribution is 5.79. The van der Waals surface area contributed by atoms with Crippen molar-refractivity contribution in [3.05, 3.63) is 186 Å². The summed E-state index contributed by atoms with van der Waals surface area (Å²) in [5.74, 6) is 1.92.